The van der Waals surface area contributed by atoms with Crippen molar-refractivity contribution in [1.29, 1.82) is 0 Å². The molecule has 0 saturated carbocycles. The first-order valence-electron chi connectivity index (χ1n) is 5.91. The Morgan fingerprint density at radius 3 is 2.84 bits per heavy atom. The first-order chi connectivity index (χ1) is 8.98. The molecule has 0 aromatic carbocycles. The van der Waals surface area contributed by atoms with E-state index in [4.69, 9.17) is 10.5 Å². The van der Waals surface area contributed by atoms with E-state index in [-0.39, 0.29) is 5.91 Å². The highest BCUT2D eigenvalue weighted by Gasteiger charge is 2.40. The average molecular weight is 264 g/mol. The molecule has 0 bridgehead atoms. The van der Waals surface area contributed by atoms with E-state index < -0.39 is 11.4 Å². The van der Waals surface area contributed by atoms with Gasteiger partial charge in [-0.2, -0.15) is 0 Å². The molecule has 2 rings (SSSR count). The lowest BCUT2D eigenvalue weighted by atomic mass is 9.89. The summed E-state index contributed by atoms with van der Waals surface area (Å²) in [5.41, 5.74) is 5.10. The number of hydrogen-bond acceptors (Lipinski definition) is 6. The van der Waals surface area contributed by atoms with Crippen LogP contribution in [0.3, 0.4) is 0 Å². The Bertz CT molecular complexity index is 519. The number of nitrogens with zero attached hydrogens (tertiary/aromatic N) is 3. The maximum absolute atomic E-state index is 11.7. The van der Waals surface area contributed by atoms with Gasteiger partial charge in [0.25, 0.3) is 0 Å². The number of rotatable bonds is 3. The molecule has 1 aromatic heterocycles. The number of carbonyl (C=O) groups is 2. The van der Waals surface area contributed by atoms with Crippen molar-refractivity contribution >= 4 is 17.7 Å². The van der Waals surface area contributed by atoms with Crippen LogP contribution in [-0.4, -0.2) is 42.0 Å². The fourth-order valence-corrected chi connectivity index (χ4v) is 2.17. The molecule has 1 saturated heterocycles. The summed E-state index contributed by atoms with van der Waals surface area (Å²) in [7, 11) is 1.30. The largest absolute Gasteiger partial charge is 0.465 e. The summed E-state index contributed by atoms with van der Waals surface area (Å²) in [5, 5.41) is 0. The minimum absolute atomic E-state index is 0.290. The predicted octanol–water partition coefficient (Wildman–Crippen LogP) is -0.0351. The van der Waals surface area contributed by atoms with Crippen LogP contribution >= 0.6 is 0 Å². The topological polar surface area (TPSA) is 98.4 Å². The van der Waals surface area contributed by atoms with Crippen molar-refractivity contribution in [2.45, 2.75) is 13.3 Å². The molecule has 1 amide bonds. The number of methoxy groups -OCH3 is 1. The Labute approximate surface area is 110 Å². The van der Waals surface area contributed by atoms with Gasteiger partial charge in [-0.15, -0.1) is 0 Å². The summed E-state index contributed by atoms with van der Waals surface area (Å²) in [6.45, 7) is 2.86. The van der Waals surface area contributed by atoms with Gasteiger partial charge in [-0.25, -0.2) is 14.8 Å². The van der Waals surface area contributed by atoms with Gasteiger partial charge >= 0.3 is 5.97 Å². The highest BCUT2D eigenvalue weighted by atomic mass is 16.5. The normalized spacial score (nSPS) is 22.3. The second kappa shape index (κ2) is 4.83. The highest BCUT2D eigenvalue weighted by molar-refractivity contribution is 5.94. The van der Waals surface area contributed by atoms with Gasteiger partial charge in [0.05, 0.1) is 12.5 Å². The minimum Gasteiger partial charge on any atom is -0.465 e. The Hall–Kier alpha value is -2.18. The lowest BCUT2D eigenvalue weighted by Gasteiger charge is -2.22. The number of esters is 1. The van der Waals surface area contributed by atoms with Crippen LogP contribution in [-0.2, 0) is 9.53 Å². The molecule has 2 N–H and O–H groups in total. The fourth-order valence-electron chi connectivity index (χ4n) is 2.17. The molecule has 1 atom stereocenters. The number of nitrogens with two attached hydrogens (primary N) is 1. The molecule has 0 aliphatic carbocycles. The van der Waals surface area contributed by atoms with Gasteiger partial charge in [0.2, 0.25) is 5.91 Å². The summed E-state index contributed by atoms with van der Waals surface area (Å²) in [6, 6.07) is 0. The van der Waals surface area contributed by atoms with Gasteiger partial charge in [-0.3, -0.25) is 4.79 Å². The molecular weight excluding hydrogens is 248 g/mol. The Balaban J connectivity index is 2.30. The Morgan fingerprint density at radius 1 is 1.53 bits per heavy atom. The quantitative estimate of drug-likeness (QED) is 0.769. The van der Waals surface area contributed by atoms with Crippen molar-refractivity contribution in [3.05, 3.63) is 18.1 Å². The van der Waals surface area contributed by atoms with E-state index >= 15 is 0 Å². The summed E-state index contributed by atoms with van der Waals surface area (Å²) >= 11 is 0. The van der Waals surface area contributed by atoms with Crippen LogP contribution in [0.1, 0.15) is 23.7 Å². The molecule has 19 heavy (non-hydrogen) atoms. The molecular formula is C12H16N4O3. The Kier molecular flexibility index (Phi) is 3.37. The number of anilines is 1. The zero-order chi connectivity index (χ0) is 14.0. The molecule has 1 unspecified atom stereocenters. The SMILES string of the molecule is COC(=O)c1cncnc1N1CCC(C)(C(N)=O)C1. The van der Waals surface area contributed by atoms with Crippen molar-refractivity contribution in [3.63, 3.8) is 0 Å². The number of ether oxygens (including phenoxy) is 1. The number of aromatic nitrogens is 2. The van der Waals surface area contributed by atoms with Crippen molar-refractivity contribution in [2.24, 2.45) is 11.1 Å². The molecule has 7 heteroatoms. The van der Waals surface area contributed by atoms with Gasteiger partial charge in [-0.1, -0.05) is 0 Å². The smallest absolute Gasteiger partial charge is 0.343 e. The maximum atomic E-state index is 11.7. The van der Waals surface area contributed by atoms with Crippen LogP contribution in [0.4, 0.5) is 5.82 Å². The molecule has 0 spiro atoms. The van der Waals surface area contributed by atoms with Crippen LogP contribution in [0.5, 0.6) is 0 Å². The summed E-state index contributed by atoms with van der Waals surface area (Å²) < 4.78 is 4.70. The first-order valence-corrected chi connectivity index (χ1v) is 5.91. The van der Waals surface area contributed by atoms with Crippen LogP contribution in [0.2, 0.25) is 0 Å². The second-order valence-corrected chi connectivity index (χ2v) is 4.85. The van der Waals surface area contributed by atoms with E-state index in [0.717, 1.165) is 0 Å². The van der Waals surface area contributed by atoms with E-state index in [2.05, 4.69) is 9.97 Å². The number of amides is 1. The van der Waals surface area contributed by atoms with Gasteiger partial charge in [0.1, 0.15) is 17.7 Å². The molecule has 1 fully saturated rings. The van der Waals surface area contributed by atoms with Crippen molar-refractivity contribution in [3.8, 4) is 0 Å². The van der Waals surface area contributed by atoms with Gasteiger partial charge in [-0.05, 0) is 13.3 Å². The monoisotopic (exact) mass is 264 g/mol. The van der Waals surface area contributed by atoms with E-state index in [1.807, 2.05) is 11.8 Å². The van der Waals surface area contributed by atoms with E-state index in [0.29, 0.717) is 30.9 Å². The van der Waals surface area contributed by atoms with Crippen LogP contribution in [0.25, 0.3) is 0 Å². The summed E-state index contributed by atoms with van der Waals surface area (Å²) in [4.78, 5) is 32.9. The standard InChI is InChI=1S/C12H16N4O3/c1-12(11(13)18)3-4-16(6-12)9-8(10(17)19-2)5-14-7-15-9/h5,7H,3-4,6H2,1-2H3,(H2,13,18). The average Bonchev–Trinajstić information content (AvgIpc) is 2.82. The minimum atomic E-state index is -0.599. The highest BCUT2D eigenvalue weighted by Crippen LogP contribution is 2.33. The number of hydrogen-bond donors (Lipinski definition) is 1. The molecule has 1 aromatic rings. The lowest BCUT2D eigenvalue weighted by Crippen LogP contribution is -2.37. The molecule has 1 aliphatic heterocycles. The predicted molar refractivity (Wildman–Crippen MR) is 67.5 cm³/mol. The Morgan fingerprint density at radius 2 is 2.26 bits per heavy atom. The van der Waals surface area contributed by atoms with Gasteiger partial charge in [0.15, 0.2) is 0 Å². The summed E-state index contributed by atoms with van der Waals surface area (Å²) in [5.74, 6) is -0.362. The van der Waals surface area contributed by atoms with Gasteiger partial charge < -0.3 is 15.4 Å². The van der Waals surface area contributed by atoms with E-state index in [9.17, 15) is 9.59 Å². The fraction of sp³-hybridized carbons (Fsp3) is 0.500. The van der Waals surface area contributed by atoms with Gasteiger partial charge in [0, 0.05) is 19.3 Å². The molecule has 0 radical (unpaired) electrons. The van der Waals surface area contributed by atoms with Crippen molar-refractivity contribution in [2.75, 3.05) is 25.1 Å². The molecule has 2 heterocycles. The van der Waals surface area contributed by atoms with E-state index in [1.165, 1.54) is 19.6 Å². The number of carbonyl (C=O) groups excluding carboxylic acids is 2. The number of primary amides is 1. The zero-order valence-electron chi connectivity index (χ0n) is 10.9. The summed E-state index contributed by atoms with van der Waals surface area (Å²) in [6.07, 6.45) is 3.41. The van der Waals surface area contributed by atoms with Crippen LogP contribution < -0.4 is 10.6 Å². The van der Waals surface area contributed by atoms with Crippen LogP contribution in [0, 0.1) is 5.41 Å². The lowest BCUT2D eigenvalue weighted by molar-refractivity contribution is -0.125. The maximum Gasteiger partial charge on any atom is 0.343 e. The molecule has 102 valence electrons. The molecule has 1 aliphatic rings. The zero-order valence-corrected chi connectivity index (χ0v) is 10.9. The third-order valence-corrected chi connectivity index (χ3v) is 3.46. The van der Waals surface area contributed by atoms with Crippen molar-refractivity contribution in [1.82, 2.24) is 9.97 Å². The first kappa shape index (κ1) is 13.3. The third-order valence-electron chi connectivity index (χ3n) is 3.46. The van der Waals surface area contributed by atoms with Crippen molar-refractivity contribution < 1.29 is 14.3 Å². The van der Waals surface area contributed by atoms with E-state index in [1.54, 1.807) is 0 Å². The van der Waals surface area contributed by atoms with Crippen LogP contribution in [0.15, 0.2) is 12.5 Å². The molecule has 7 nitrogen and oxygen atoms in total. The second-order valence-electron chi connectivity index (χ2n) is 4.85. The third kappa shape index (κ3) is 2.35.